The first-order valence-electron chi connectivity index (χ1n) is 6.55. The molecule has 2 aromatic carbocycles. The summed E-state index contributed by atoms with van der Waals surface area (Å²) in [6.45, 7) is 1.85. The van der Waals surface area contributed by atoms with Crippen molar-refractivity contribution in [1.29, 1.82) is 0 Å². The number of nitrogens with one attached hydrogen (secondary N) is 2. The van der Waals surface area contributed by atoms with Crippen LogP contribution in [-0.2, 0) is 0 Å². The second kappa shape index (κ2) is 6.59. The highest BCUT2D eigenvalue weighted by atomic mass is 35.5. The van der Waals surface area contributed by atoms with Crippen LogP contribution in [0.5, 0.6) is 0 Å². The van der Waals surface area contributed by atoms with Crippen molar-refractivity contribution < 1.29 is 9.18 Å². The Morgan fingerprint density at radius 1 is 1.24 bits per heavy atom. The van der Waals surface area contributed by atoms with Crippen LogP contribution < -0.4 is 10.6 Å². The van der Waals surface area contributed by atoms with Crippen LogP contribution in [0.3, 0.4) is 0 Å². The van der Waals surface area contributed by atoms with E-state index in [4.69, 9.17) is 11.6 Å². The van der Waals surface area contributed by atoms with Crippen molar-refractivity contribution >= 4 is 23.2 Å². The second-order valence-electron chi connectivity index (χ2n) is 4.66. The molecule has 3 nitrogen and oxygen atoms in total. The lowest BCUT2D eigenvalue weighted by atomic mass is 10.1. The van der Waals surface area contributed by atoms with Gasteiger partial charge in [-0.2, -0.15) is 0 Å². The van der Waals surface area contributed by atoms with Gasteiger partial charge >= 0.3 is 0 Å². The fourth-order valence-corrected chi connectivity index (χ4v) is 2.30. The van der Waals surface area contributed by atoms with Crippen molar-refractivity contribution in [3.05, 3.63) is 64.4 Å². The monoisotopic (exact) mass is 306 g/mol. The molecule has 2 N–H and O–H groups in total. The maximum atomic E-state index is 13.7. The zero-order valence-corrected chi connectivity index (χ0v) is 12.5. The second-order valence-corrected chi connectivity index (χ2v) is 5.10. The molecule has 2 aromatic rings. The van der Waals surface area contributed by atoms with Gasteiger partial charge < -0.3 is 10.6 Å². The van der Waals surface area contributed by atoms with Crippen LogP contribution in [0.1, 0.15) is 28.9 Å². The Hall–Kier alpha value is -2.07. The van der Waals surface area contributed by atoms with Crippen molar-refractivity contribution in [1.82, 2.24) is 5.32 Å². The van der Waals surface area contributed by atoms with E-state index in [1.165, 1.54) is 12.1 Å². The van der Waals surface area contributed by atoms with Gasteiger partial charge in [-0.15, -0.1) is 0 Å². The average Bonchev–Trinajstić information content (AvgIpc) is 2.46. The number of hydrogen-bond donors (Lipinski definition) is 2. The summed E-state index contributed by atoms with van der Waals surface area (Å²) in [4.78, 5) is 12.3. The molecule has 0 heterocycles. The number of amides is 1. The first kappa shape index (κ1) is 15.3. The van der Waals surface area contributed by atoms with Crippen LogP contribution in [0.25, 0.3) is 0 Å². The highest BCUT2D eigenvalue weighted by Crippen LogP contribution is 2.21. The Bertz CT molecular complexity index is 660. The summed E-state index contributed by atoms with van der Waals surface area (Å²) in [7, 11) is 1.58. The number of benzene rings is 2. The molecule has 0 aromatic heterocycles. The maximum Gasteiger partial charge on any atom is 0.253 e. The van der Waals surface area contributed by atoms with Gasteiger partial charge in [-0.1, -0.05) is 29.8 Å². The lowest BCUT2D eigenvalue weighted by Crippen LogP contribution is -2.27. The van der Waals surface area contributed by atoms with Gasteiger partial charge in [0.25, 0.3) is 5.91 Å². The van der Waals surface area contributed by atoms with Gasteiger partial charge in [-0.3, -0.25) is 4.79 Å². The Morgan fingerprint density at radius 3 is 2.62 bits per heavy atom. The Kier molecular flexibility index (Phi) is 4.81. The van der Waals surface area contributed by atoms with E-state index in [0.29, 0.717) is 5.02 Å². The molecule has 2 rings (SSSR count). The number of carbonyl (C=O) groups excluding carboxylic acids is 1. The zero-order chi connectivity index (χ0) is 15.4. The van der Waals surface area contributed by atoms with Crippen LogP contribution in [-0.4, -0.2) is 13.0 Å². The highest BCUT2D eigenvalue weighted by Gasteiger charge is 2.16. The minimum absolute atomic E-state index is 0.188. The van der Waals surface area contributed by atoms with Crippen molar-refractivity contribution in [2.45, 2.75) is 13.0 Å². The number of carbonyl (C=O) groups is 1. The summed E-state index contributed by atoms with van der Waals surface area (Å²) in [5.41, 5.74) is 1.35. The van der Waals surface area contributed by atoms with Gasteiger partial charge in [-0.25, -0.2) is 4.39 Å². The first-order chi connectivity index (χ1) is 10.0. The third kappa shape index (κ3) is 3.52. The molecule has 1 unspecified atom stereocenters. The van der Waals surface area contributed by atoms with Gasteiger partial charge in [0.15, 0.2) is 0 Å². The van der Waals surface area contributed by atoms with Crippen molar-refractivity contribution in [2.75, 3.05) is 12.4 Å². The van der Waals surface area contributed by atoms with E-state index in [9.17, 15) is 9.18 Å². The summed E-state index contributed by atoms with van der Waals surface area (Å²) in [5, 5.41) is 6.15. The molecular weight excluding hydrogens is 291 g/mol. The minimum Gasteiger partial charge on any atom is -0.385 e. The molecule has 0 radical (unpaired) electrons. The van der Waals surface area contributed by atoms with Crippen molar-refractivity contribution in [2.24, 2.45) is 0 Å². The van der Waals surface area contributed by atoms with Crippen LogP contribution in [0.15, 0.2) is 42.5 Å². The molecule has 0 fully saturated rings. The van der Waals surface area contributed by atoms with E-state index >= 15 is 0 Å². The van der Waals surface area contributed by atoms with Crippen molar-refractivity contribution in [3.8, 4) is 0 Å². The zero-order valence-electron chi connectivity index (χ0n) is 11.8. The Morgan fingerprint density at radius 2 is 1.95 bits per heavy atom. The minimum atomic E-state index is -0.458. The molecule has 5 heteroatoms. The third-order valence-corrected chi connectivity index (χ3v) is 3.44. The molecule has 0 bridgehead atoms. The standard InChI is InChI=1S/C16H16ClFN2O/c1-10(11-5-3-6-12(17)9-11)20-16(21)13-7-4-8-14(18)15(13)19-2/h3-10,19H,1-2H3,(H,20,21). The van der Waals surface area contributed by atoms with Crippen LogP contribution in [0, 0.1) is 5.82 Å². The third-order valence-electron chi connectivity index (χ3n) is 3.20. The largest absolute Gasteiger partial charge is 0.385 e. The number of rotatable bonds is 4. The van der Waals surface area contributed by atoms with Crippen LogP contribution >= 0.6 is 11.6 Å². The molecule has 0 saturated heterocycles. The molecule has 0 aliphatic heterocycles. The molecule has 0 saturated carbocycles. The summed E-state index contributed by atoms with van der Waals surface area (Å²) < 4.78 is 13.7. The Labute approximate surface area is 128 Å². The molecule has 0 aliphatic carbocycles. The predicted molar refractivity (Wildman–Crippen MR) is 83.3 cm³/mol. The van der Waals surface area contributed by atoms with E-state index in [1.54, 1.807) is 25.2 Å². The van der Waals surface area contributed by atoms with E-state index in [1.807, 2.05) is 19.1 Å². The molecule has 1 atom stereocenters. The van der Waals surface area contributed by atoms with E-state index in [0.717, 1.165) is 5.56 Å². The lowest BCUT2D eigenvalue weighted by Gasteiger charge is -2.16. The number of hydrogen-bond acceptors (Lipinski definition) is 2. The van der Waals surface area contributed by atoms with Gasteiger partial charge in [0.2, 0.25) is 0 Å². The van der Waals surface area contributed by atoms with Gasteiger partial charge in [0, 0.05) is 12.1 Å². The number of anilines is 1. The fraction of sp³-hybridized carbons (Fsp3) is 0.188. The van der Waals surface area contributed by atoms with Crippen molar-refractivity contribution in [3.63, 3.8) is 0 Å². The van der Waals surface area contributed by atoms with Crippen LogP contribution in [0.4, 0.5) is 10.1 Å². The normalized spacial score (nSPS) is 11.8. The molecule has 0 spiro atoms. The number of para-hydroxylation sites is 1. The molecular formula is C16H16ClFN2O. The Balaban J connectivity index is 2.20. The van der Waals surface area contributed by atoms with E-state index < -0.39 is 5.82 Å². The summed E-state index contributed by atoms with van der Waals surface area (Å²) >= 11 is 5.94. The van der Waals surface area contributed by atoms with Gasteiger partial charge in [0.05, 0.1) is 17.3 Å². The smallest absolute Gasteiger partial charge is 0.253 e. The maximum absolute atomic E-state index is 13.7. The SMILES string of the molecule is CNc1c(F)cccc1C(=O)NC(C)c1cccc(Cl)c1. The summed E-state index contributed by atoms with van der Waals surface area (Å²) in [5.74, 6) is -0.799. The summed E-state index contributed by atoms with van der Waals surface area (Å²) in [6.07, 6.45) is 0. The highest BCUT2D eigenvalue weighted by molar-refractivity contribution is 6.30. The topological polar surface area (TPSA) is 41.1 Å². The number of halogens is 2. The van der Waals surface area contributed by atoms with Gasteiger partial charge in [0.1, 0.15) is 5.82 Å². The van der Waals surface area contributed by atoms with E-state index in [2.05, 4.69) is 10.6 Å². The molecule has 110 valence electrons. The fourth-order valence-electron chi connectivity index (χ4n) is 2.10. The van der Waals surface area contributed by atoms with E-state index in [-0.39, 0.29) is 23.2 Å². The molecule has 1 amide bonds. The quantitative estimate of drug-likeness (QED) is 0.896. The van der Waals surface area contributed by atoms with Gasteiger partial charge in [-0.05, 0) is 36.8 Å². The average molecular weight is 307 g/mol. The predicted octanol–water partition coefficient (Wildman–Crippen LogP) is 4.01. The van der Waals surface area contributed by atoms with Crippen LogP contribution in [0.2, 0.25) is 5.02 Å². The lowest BCUT2D eigenvalue weighted by molar-refractivity contribution is 0.0940. The molecule has 21 heavy (non-hydrogen) atoms. The molecule has 0 aliphatic rings. The first-order valence-corrected chi connectivity index (χ1v) is 6.93. The summed E-state index contributed by atoms with van der Waals surface area (Å²) in [6, 6.07) is 11.4.